The van der Waals surface area contributed by atoms with Gasteiger partial charge in [-0.1, -0.05) is 42.0 Å². The minimum absolute atomic E-state index is 0.291. The molecule has 5 rings (SSSR count). The third-order valence-corrected chi connectivity index (χ3v) is 7.26. The Hall–Kier alpha value is -3.05. The van der Waals surface area contributed by atoms with Gasteiger partial charge in [-0.25, -0.2) is 0 Å². The van der Waals surface area contributed by atoms with E-state index in [0.717, 1.165) is 22.1 Å². The molecule has 0 unspecified atom stereocenters. The second kappa shape index (κ2) is 9.67. The first-order valence-corrected chi connectivity index (χ1v) is 12.5. The molecule has 34 heavy (non-hydrogen) atoms. The standard InChI is InChI=1S/C29H29BrN2O2/c1-4-34-29-25(30)15-19(16-27(29)33-3)17-31-21-11-9-20(10-12-21)28-23-7-5-6-22(23)24-14-18(2)8-13-26(24)32-28/h5-6,8-17,22-23,28,32H,4,7H2,1-3H3/t22-,23+,28-/m0/s1. The lowest BCUT2D eigenvalue weighted by molar-refractivity contribution is 0.309. The van der Waals surface area contributed by atoms with E-state index in [1.165, 1.54) is 22.4 Å². The minimum atomic E-state index is 0.291. The highest BCUT2D eigenvalue weighted by Crippen LogP contribution is 2.50. The first-order chi connectivity index (χ1) is 16.6. The molecule has 0 aromatic heterocycles. The van der Waals surface area contributed by atoms with E-state index in [1.54, 1.807) is 7.11 Å². The molecule has 2 aliphatic rings. The number of allylic oxidation sites excluding steroid dienone is 2. The number of hydrogen-bond acceptors (Lipinski definition) is 4. The molecule has 0 radical (unpaired) electrons. The molecular weight excluding hydrogens is 488 g/mol. The number of aryl methyl sites for hydroxylation is 1. The number of fused-ring (bicyclic) bond motifs is 3. The van der Waals surface area contributed by atoms with E-state index in [9.17, 15) is 0 Å². The van der Waals surface area contributed by atoms with Crippen LogP contribution in [0.4, 0.5) is 11.4 Å². The maximum Gasteiger partial charge on any atom is 0.175 e. The summed E-state index contributed by atoms with van der Waals surface area (Å²) in [5.41, 5.74) is 7.15. The highest BCUT2D eigenvalue weighted by molar-refractivity contribution is 9.10. The predicted octanol–water partition coefficient (Wildman–Crippen LogP) is 7.74. The maximum absolute atomic E-state index is 5.68. The number of anilines is 1. The number of nitrogens with one attached hydrogen (secondary N) is 1. The Labute approximate surface area is 209 Å². The summed E-state index contributed by atoms with van der Waals surface area (Å²) in [7, 11) is 1.65. The van der Waals surface area contributed by atoms with E-state index in [4.69, 9.17) is 14.5 Å². The van der Waals surface area contributed by atoms with Crippen molar-refractivity contribution >= 4 is 33.5 Å². The van der Waals surface area contributed by atoms with Crippen molar-refractivity contribution in [3.8, 4) is 11.5 Å². The lowest BCUT2D eigenvalue weighted by atomic mass is 9.76. The van der Waals surface area contributed by atoms with Crippen molar-refractivity contribution < 1.29 is 9.47 Å². The zero-order chi connectivity index (χ0) is 23.7. The Kier molecular flexibility index (Phi) is 6.46. The van der Waals surface area contributed by atoms with Crippen LogP contribution in [0.2, 0.25) is 0 Å². The van der Waals surface area contributed by atoms with Gasteiger partial charge in [-0.3, -0.25) is 4.99 Å². The van der Waals surface area contributed by atoms with Crippen LogP contribution < -0.4 is 14.8 Å². The number of rotatable bonds is 6. The maximum atomic E-state index is 5.68. The second-order valence-corrected chi connectivity index (χ2v) is 9.74. The zero-order valence-electron chi connectivity index (χ0n) is 19.7. The number of ether oxygens (including phenoxy) is 2. The fourth-order valence-electron chi connectivity index (χ4n) is 5.06. The number of halogens is 1. The average molecular weight is 517 g/mol. The van der Waals surface area contributed by atoms with E-state index in [-0.39, 0.29) is 0 Å². The van der Waals surface area contributed by atoms with Crippen molar-refractivity contribution in [2.45, 2.75) is 32.2 Å². The summed E-state index contributed by atoms with van der Waals surface area (Å²) in [5, 5.41) is 3.81. The molecule has 5 heteroatoms. The molecule has 3 atom stereocenters. The molecule has 174 valence electrons. The van der Waals surface area contributed by atoms with Gasteiger partial charge in [-0.05, 0) is 89.1 Å². The Morgan fingerprint density at radius 3 is 2.71 bits per heavy atom. The van der Waals surface area contributed by atoms with Gasteiger partial charge in [0.15, 0.2) is 11.5 Å². The SMILES string of the molecule is CCOc1c(Br)cc(C=Nc2ccc([C@@H]3Nc4ccc(C)cc4[C@H]4C=CC[C@H]43)cc2)cc1OC. The van der Waals surface area contributed by atoms with E-state index in [1.807, 2.05) is 25.3 Å². The van der Waals surface area contributed by atoms with Crippen LogP contribution in [0.25, 0.3) is 0 Å². The normalized spacial score (nSPS) is 20.6. The largest absolute Gasteiger partial charge is 0.493 e. The smallest absolute Gasteiger partial charge is 0.175 e. The number of nitrogens with zero attached hydrogens (tertiary/aromatic N) is 1. The summed E-state index contributed by atoms with van der Waals surface area (Å²) in [5.74, 6) is 2.42. The van der Waals surface area contributed by atoms with Crippen molar-refractivity contribution in [1.29, 1.82) is 0 Å². The molecule has 4 nitrogen and oxygen atoms in total. The van der Waals surface area contributed by atoms with Gasteiger partial charge in [0.05, 0.1) is 29.9 Å². The molecule has 1 N–H and O–H groups in total. The van der Waals surface area contributed by atoms with Crippen LogP contribution in [0.15, 0.2) is 76.2 Å². The average Bonchev–Trinajstić information content (AvgIpc) is 3.34. The summed E-state index contributed by atoms with van der Waals surface area (Å²) >= 11 is 3.58. The highest BCUT2D eigenvalue weighted by Gasteiger charge is 2.37. The predicted molar refractivity (Wildman–Crippen MR) is 143 cm³/mol. The van der Waals surface area contributed by atoms with Crippen molar-refractivity contribution in [3.05, 3.63) is 93.5 Å². The van der Waals surface area contributed by atoms with Crippen LogP contribution in [0.5, 0.6) is 11.5 Å². The molecule has 1 aliphatic heterocycles. The van der Waals surface area contributed by atoms with Crippen LogP contribution in [0, 0.1) is 12.8 Å². The molecule has 3 aromatic carbocycles. The van der Waals surface area contributed by atoms with Gasteiger partial charge in [0.1, 0.15) is 0 Å². The number of methoxy groups -OCH3 is 1. The van der Waals surface area contributed by atoms with Crippen LogP contribution in [0.3, 0.4) is 0 Å². The van der Waals surface area contributed by atoms with Gasteiger partial charge < -0.3 is 14.8 Å². The lowest BCUT2D eigenvalue weighted by Crippen LogP contribution is -2.29. The first-order valence-electron chi connectivity index (χ1n) is 11.8. The molecule has 0 amide bonds. The quantitative estimate of drug-likeness (QED) is 0.269. The van der Waals surface area contributed by atoms with E-state index in [0.29, 0.717) is 36.0 Å². The van der Waals surface area contributed by atoms with Crippen molar-refractivity contribution in [1.82, 2.24) is 0 Å². The Morgan fingerprint density at radius 1 is 1.12 bits per heavy atom. The monoisotopic (exact) mass is 516 g/mol. The topological polar surface area (TPSA) is 42.8 Å². The molecule has 0 saturated carbocycles. The van der Waals surface area contributed by atoms with Gasteiger partial charge in [-0.2, -0.15) is 0 Å². The Bertz CT molecular complexity index is 1250. The fourth-order valence-corrected chi connectivity index (χ4v) is 5.63. The molecule has 1 aliphatic carbocycles. The number of hydrogen-bond donors (Lipinski definition) is 1. The Balaban J connectivity index is 1.36. The Morgan fingerprint density at radius 2 is 1.94 bits per heavy atom. The lowest BCUT2D eigenvalue weighted by Gasteiger charge is -2.37. The summed E-state index contributed by atoms with van der Waals surface area (Å²) in [6.45, 7) is 4.70. The number of benzene rings is 3. The van der Waals surface area contributed by atoms with E-state index < -0.39 is 0 Å². The number of aliphatic imine (C=N–C) groups is 1. The van der Waals surface area contributed by atoms with Crippen LogP contribution in [-0.4, -0.2) is 19.9 Å². The second-order valence-electron chi connectivity index (χ2n) is 8.88. The summed E-state index contributed by atoms with van der Waals surface area (Å²) < 4.78 is 12.0. The van der Waals surface area contributed by atoms with Crippen molar-refractivity contribution in [2.75, 3.05) is 19.0 Å². The van der Waals surface area contributed by atoms with Gasteiger partial charge in [0.2, 0.25) is 0 Å². The molecule has 1 heterocycles. The van der Waals surface area contributed by atoms with E-state index >= 15 is 0 Å². The van der Waals surface area contributed by atoms with Gasteiger partial charge in [-0.15, -0.1) is 0 Å². The molecule has 0 saturated heterocycles. The molecular formula is C29H29BrN2O2. The first kappa shape index (κ1) is 22.7. The minimum Gasteiger partial charge on any atom is -0.493 e. The van der Waals surface area contributed by atoms with Gasteiger partial charge in [0, 0.05) is 17.8 Å². The van der Waals surface area contributed by atoms with Gasteiger partial charge in [0.25, 0.3) is 0 Å². The highest BCUT2D eigenvalue weighted by atomic mass is 79.9. The van der Waals surface area contributed by atoms with E-state index in [2.05, 4.69) is 82.8 Å². The molecule has 0 fully saturated rings. The van der Waals surface area contributed by atoms with Crippen LogP contribution in [-0.2, 0) is 0 Å². The summed E-state index contributed by atoms with van der Waals surface area (Å²) in [4.78, 5) is 4.69. The molecule has 0 bridgehead atoms. The van der Waals surface area contributed by atoms with Crippen LogP contribution >= 0.6 is 15.9 Å². The summed E-state index contributed by atoms with van der Waals surface area (Å²) in [6, 6.07) is 19.6. The van der Waals surface area contributed by atoms with Crippen molar-refractivity contribution in [3.63, 3.8) is 0 Å². The third-order valence-electron chi connectivity index (χ3n) is 6.67. The zero-order valence-corrected chi connectivity index (χ0v) is 21.3. The summed E-state index contributed by atoms with van der Waals surface area (Å²) in [6.07, 6.45) is 7.68. The molecule has 3 aromatic rings. The van der Waals surface area contributed by atoms with Crippen LogP contribution in [0.1, 0.15) is 47.6 Å². The fraction of sp³-hybridized carbons (Fsp3) is 0.276. The van der Waals surface area contributed by atoms with Gasteiger partial charge >= 0.3 is 0 Å². The molecule has 0 spiro atoms. The van der Waals surface area contributed by atoms with Crippen molar-refractivity contribution in [2.24, 2.45) is 10.9 Å². The third kappa shape index (κ3) is 4.37.